The summed E-state index contributed by atoms with van der Waals surface area (Å²) in [5, 5.41) is 0. The van der Waals surface area contributed by atoms with Crippen LogP contribution in [0.15, 0.2) is 16.6 Å². The van der Waals surface area contributed by atoms with Crippen LogP contribution in [-0.2, 0) is 4.79 Å². The Morgan fingerprint density at radius 1 is 1.39 bits per heavy atom. The summed E-state index contributed by atoms with van der Waals surface area (Å²) in [5.41, 5.74) is 0.528. The van der Waals surface area contributed by atoms with Crippen LogP contribution in [0, 0.1) is 5.92 Å². The van der Waals surface area contributed by atoms with Crippen molar-refractivity contribution in [2.75, 3.05) is 6.79 Å². The van der Waals surface area contributed by atoms with Crippen LogP contribution < -0.4 is 9.47 Å². The molecular weight excluding hydrogens is 300 g/mol. The SMILES string of the molecule is CC(=O)CC(C)C(=O)c1cc(Br)c2c(c1)OCO2. The molecule has 96 valence electrons. The molecule has 0 aliphatic carbocycles. The van der Waals surface area contributed by atoms with Gasteiger partial charge in [-0.25, -0.2) is 0 Å². The number of Topliss-reactive ketones (excluding diaryl/α,β-unsaturated/α-hetero) is 2. The van der Waals surface area contributed by atoms with Gasteiger partial charge in [0.2, 0.25) is 6.79 Å². The second-order valence-electron chi connectivity index (χ2n) is 4.36. The van der Waals surface area contributed by atoms with E-state index in [-0.39, 0.29) is 30.7 Å². The zero-order valence-corrected chi connectivity index (χ0v) is 11.7. The molecule has 1 aliphatic rings. The van der Waals surface area contributed by atoms with Crippen molar-refractivity contribution >= 4 is 27.5 Å². The summed E-state index contributed by atoms with van der Waals surface area (Å²) in [6, 6.07) is 3.36. The van der Waals surface area contributed by atoms with Crippen LogP contribution in [0.1, 0.15) is 30.6 Å². The number of benzene rings is 1. The van der Waals surface area contributed by atoms with Gasteiger partial charge < -0.3 is 14.3 Å². The Labute approximate surface area is 113 Å². The Kier molecular flexibility index (Phi) is 3.71. The molecule has 0 aromatic heterocycles. The van der Waals surface area contributed by atoms with E-state index in [0.29, 0.717) is 21.5 Å². The monoisotopic (exact) mass is 312 g/mol. The molecular formula is C13H13BrO4. The van der Waals surface area contributed by atoms with Crippen LogP contribution >= 0.6 is 15.9 Å². The van der Waals surface area contributed by atoms with Crippen molar-refractivity contribution < 1.29 is 19.1 Å². The smallest absolute Gasteiger partial charge is 0.231 e. The first-order chi connectivity index (χ1) is 8.49. The fourth-order valence-electron chi connectivity index (χ4n) is 1.92. The van der Waals surface area contributed by atoms with Gasteiger partial charge in [-0.1, -0.05) is 6.92 Å². The second-order valence-corrected chi connectivity index (χ2v) is 5.22. The highest BCUT2D eigenvalue weighted by Gasteiger charge is 2.23. The molecule has 18 heavy (non-hydrogen) atoms. The van der Waals surface area contributed by atoms with Crippen molar-refractivity contribution in [3.8, 4) is 11.5 Å². The number of carbonyl (C=O) groups is 2. The van der Waals surface area contributed by atoms with Crippen molar-refractivity contribution in [3.05, 3.63) is 22.2 Å². The third-order valence-electron chi connectivity index (χ3n) is 2.75. The molecule has 1 aliphatic heterocycles. The maximum Gasteiger partial charge on any atom is 0.231 e. The minimum atomic E-state index is -0.324. The average Bonchev–Trinajstić information content (AvgIpc) is 2.75. The van der Waals surface area contributed by atoms with Crippen LogP contribution in [0.25, 0.3) is 0 Å². The molecule has 0 N–H and O–H groups in total. The van der Waals surface area contributed by atoms with Crippen LogP contribution in [0.4, 0.5) is 0 Å². The van der Waals surface area contributed by atoms with E-state index in [0.717, 1.165) is 0 Å². The molecule has 1 aromatic rings. The largest absolute Gasteiger partial charge is 0.454 e. The number of halogens is 1. The lowest BCUT2D eigenvalue weighted by molar-refractivity contribution is -0.117. The first-order valence-electron chi connectivity index (χ1n) is 5.62. The highest BCUT2D eigenvalue weighted by atomic mass is 79.9. The summed E-state index contributed by atoms with van der Waals surface area (Å²) in [6.07, 6.45) is 0.255. The lowest BCUT2D eigenvalue weighted by Gasteiger charge is -2.09. The number of ketones is 2. The zero-order valence-electron chi connectivity index (χ0n) is 10.2. The Balaban J connectivity index is 2.26. The minimum absolute atomic E-state index is 0.00987. The van der Waals surface area contributed by atoms with Gasteiger partial charge in [0, 0.05) is 17.9 Å². The van der Waals surface area contributed by atoms with E-state index in [9.17, 15) is 9.59 Å². The molecule has 1 heterocycles. The molecule has 0 saturated carbocycles. The second kappa shape index (κ2) is 5.10. The number of fused-ring (bicyclic) bond motifs is 1. The standard InChI is InChI=1S/C13H13BrO4/c1-7(3-8(2)15)12(16)9-4-10(14)13-11(5-9)17-6-18-13/h4-5,7H,3,6H2,1-2H3. The van der Waals surface area contributed by atoms with Crippen molar-refractivity contribution in [1.82, 2.24) is 0 Å². The molecule has 0 amide bonds. The van der Waals surface area contributed by atoms with Gasteiger partial charge in [-0.3, -0.25) is 4.79 Å². The van der Waals surface area contributed by atoms with Gasteiger partial charge in [-0.2, -0.15) is 0 Å². The highest BCUT2D eigenvalue weighted by molar-refractivity contribution is 9.10. The number of rotatable bonds is 4. The Hall–Kier alpha value is -1.36. The quantitative estimate of drug-likeness (QED) is 0.802. The molecule has 0 spiro atoms. The van der Waals surface area contributed by atoms with Crippen LogP contribution in [0.5, 0.6) is 11.5 Å². The summed E-state index contributed by atoms with van der Waals surface area (Å²) < 4.78 is 11.2. The summed E-state index contributed by atoms with van der Waals surface area (Å²) in [4.78, 5) is 23.2. The van der Waals surface area contributed by atoms with E-state index in [4.69, 9.17) is 9.47 Å². The van der Waals surface area contributed by atoms with Crippen molar-refractivity contribution in [3.63, 3.8) is 0 Å². The Bertz CT molecular complexity index is 510. The summed E-state index contributed by atoms with van der Waals surface area (Å²) in [6.45, 7) is 3.40. The fraction of sp³-hybridized carbons (Fsp3) is 0.385. The van der Waals surface area contributed by atoms with E-state index in [1.807, 2.05) is 0 Å². The Morgan fingerprint density at radius 3 is 2.78 bits per heavy atom. The van der Waals surface area contributed by atoms with E-state index in [2.05, 4.69) is 15.9 Å². The van der Waals surface area contributed by atoms with Gasteiger partial charge in [0.05, 0.1) is 4.47 Å². The van der Waals surface area contributed by atoms with E-state index in [1.165, 1.54) is 6.92 Å². The topological polar surface area (TPSA) is 52.6 Å². The van der Waals surface area contributed by atoms with Gasteiger partial charge in [-0.15, -0.1) is 0 Å². The lowest BCUT2D eigenvalue weighted by Crippen LogP contribution is -2.14. The molecule has 5 heteroatoms. The van der Waals surface area contributed by atoms with E-state index < -0.39 is 0 Å². The van der Waals surface area contributed by atoms with Gasteiger partial charge in [-0.05, 0) is 35.0 Å². The molecule has 4 nitrogen and oxygen atoms in total. The molecule has 0 saturated heterocycles. The third kappa shape index (κ3) is 2.56. The van der Waals surface area contributed by atoms with Crippen LogP contribution in [-0.4, -0.2) is 18.4 Å². The summed E-state index contributed by atoms with van der Waals surface area (Å²) in [5.74, 6) is 0.795. The molecule has 1 unspecified atom stereocenters. The van der Waals surface area contributed by atoms with Gasteiger partial charge >= 0.3 is 0 Å². The van der Waals surface area contributed by atoms with Crippen molar-refractivity contribution in [2.24, 2.45) is 5.92 Å². The maximum atomic E-state index is 12.2. The predicted octanol–water partition coefficient (Wildman–Crippen LogP) is 2.98. The van der Waals surface area contributed by atoms with Gasteiger partial charge in [0.15, 0.2) is 17.3 Å². The first-order valence-corrected chi connectivity index (χ1v) is 6.41. The zero-order chi connectivity index (χ0) is 13.3. The molecule has 2 rings (SSSR count). The minimum Gasteiger partial charge on any atom is -0.454 e. The molecule has 1 aromatic carbocycles. The Morgan fingerprint density at radius 2 is 2.11 bits per heavy atom. The summed E-state index contributed by atoms with van der Waals surface area (Å²) in [7, 11) is 0. The molecule has 0 bridgehead atoms. The number of carbonyl (C=O) groups excluding carboxylic acids is 2. The van der Waals surface area contributed by atoms with Gasteiger partial charge in [0.25, 0.3) is 0 Å². The van der Waals surface area contributed by atoms with Crippen LogP contribution in [0.2, 0.25) is 0 Å². The number of ether oxygens (including phenoxy) is 2. The van der Waals surface area contributed by atoms with E-state index in [1.54, 1.807) is 19.1 Å². The average molecular weight is 313 g/mol. The molecule has 0 radical (unpaired) electrons. The van der Waals surface area contributed by atoms with Gasteiger partial charge in [0.1, 0.15) is 5.78 Å². The molecule has 0 fully saturated rings. The third-order valence-corrected chi connectivity index (χ3v) is 3.34. The number of hydrogen-bond donors (Lipinski definition) is 0. The van der Waals surface area contributed by atoms with Crippen molar-refractivity contribution in [1.29, 1.82) is 0 Å². The highest BCUT2D eigenvalue weighted by Crippen LogP contribution is 2.40. The normalized spacial score (nSPS) is 14.4. The van der Waals surface area contributed by atoms with Crippen LogP contribution in [0.3, 0.4) is 0 Å². The first kappa shape index (κ1) is 13.1. The van der Waals surface area contributed by atoms with Crippen molar-refractivity contribution in [2.45, 2.75) is 20.3 Å². The molecule has 1 atom stereocenters. The lowest BCUT2D eigenvalue weighted by atomic mass is 9.95. The number of hydrogen-bond acceptors (Lipinski definition) is 4. The predicted molar refractivity (Wildman–Crippen MR) is 69.1 cm³/mol. The maximum absolute atomic E-state index is 12.2. The fourth-order valence-corrected chi connectivity index (χ4v) is 2.47. The summed E-state index contributed by atoms with van der Waals surface area (Å²) >= 11 is 3.34. The van der Waals surface area contributed by atoms with E-state index >= 15 is 0 Å².